The minimum absolute atomic E-state index is 0.0639. The zero-order valence-corrected chi connectivity index (χ0v) is 36.7. The highest BCUT2D eigenvalue weighted by Crippen LogP contribution is 2.16. The number of hydrogen-bond acceptors (Lipinski definition) is 6. The van der Waals surface area contributed by atoms with Crippen molar-refractivity contribution in [2.45, 2.75) is 271 Å². The quantitative estimate of drug-likeness (QED) is 0.0349. The fraction of sp³-hybridized carbons (Fsp3) is 0.938. The van der Waals surface area contributed by atoms with Crippen LogP contribution in [0.25, 0.3) is 0 Å². The molecular weight excluding hydrogens is 673 g/mol. The second-order valence-corrected chi connectivity index (χ2v) is 16.9. The Balaban J connectivity index is 4.16. The average molecular weight is 765 g/mol. The van der Waals surface area contributed by atoms with Crippen molar-refractivity contribution in [1.29, 1.82) is 0 Å². The van der Waals surface area contributed by atoms with Crippen LogP contribution in [-0.2, 0) is 28.6 Å². The van der Waals surface area contributed by atoms with Crippen LogP contribution in [0, 0.1) is 5.92 Å². The molecule has 0 aliphatic carbocycles. The molecule has 0 aliphatic heterocycles. The highest BCUT2D eigenvalue weighted by Gasteiger charge is 2.19. The summed E-state index contributed by atoms with van der Waals surface area (Å²) in [6.07, 6.45) is 42.4. The Morgan fingerprint density at radius 3 is 0.907 bits per heavy atom. The number of ether oxygens (including phenoxy) is 3. The highest BCUT2D eigenvalue weighted by molar-refractivity contribution is 5.71. The number of rotatable bonds is 43. The number of carbonyl (C=O) groups excluding carboxylic acids is 3. The lowest BCUT2D eigenvalue weighted by molar-refractivity contribution is -0.167. The summed E-state index contributed by atoms with van der Waals surface area (Å²) in [4.78, 5) is 37.6. The van der Waals surface area contributed by atoms with Gasteiger partial charge in [-0.25, -0.2) is 0 Å². The third-order valence-electron chi connectivity index (χ3n) is 10.8. The predicted molar refractivity (Wildman–Crippen MR) is 229 cm³/mol. The lowest BCUT2D eigenvalue weighted by atomic mass is 10.0. The Hall–Kier alpha value is -1.59. The first kappa shape index (κ1) is 52.4. The van der Waals surface area contributed by atoms with Gasteiger partial charge in [-0.05, 0) is 25.2 Å². The van der Waals surface area contributed by atoms with Crippen LogP contribution in [0.4, 0.5) is 0 Å². The summed E-state index contributed by atoms with van der Waals surface area (Å²) in [6, 6.07) is 0. The molecule has 0 aromatic rings. The van der Waals surface area contributed by atoms with Crippen molar-refractivity contribution in [3.05, 3.63) is 0 Å². The van der Waals surface area contributed by atoms with Gasteiger partial charge in [-0.1, -0.05) is 227 Å². The fourth-order valence-corrected chi connectivity index (χ4v) is 7.16. The molecule has 0 aromatic heterocycles. The van der Waals surface area contributed by atoms with Gasteiger partial charge < -0.3 is 14.2 Å². The molecule has 6 heteroatoms. The van der Waals surface area contributed by atoms with Crippen LogP contribution in [0.5, 0.6) is 0 Å². The third-order valence-corrected chi connectivity index (χ3v) is 10.8. The van der Waals surface area contributed by atoms with E-state index in [0.29, 0.717) is 19.3 Å². The van der Waals surface area contributed by atoms with Crippen LogP contribution in [0.2, 0.25) is 0 Å². The summed E-state index contributed by atoms with van der Waals surface area (Å²) < 4.78 is 16.7. The summed E-state index contributed by atoms with van der Waals surface area (Å²) in [5.41, 5.74) is 0. The molecule has 0 heterocycles. The summed E-state index contributed by atoms with van der Waals surface area (Å²) in [5, 5.41) is 0. The van der Waals surface area contributed by atoms with E-state index < -0.39 is 6.10 Å². The van der Waals surface area contributed by atoms with Crippen molar-refractivity contribution < 1.29 is 28.6 Å². The molecule has 0 fully saturated rings. The van der Waals surface area contributed by atoms with Crippen molar-refractivity contribution in [1.82, 2.24) is 0 Å². The SMILES string of the molecule is CCCCCCCCCCCCCC(=O)OC[C@H](COC(=O)CCCCCCCCCCCCCCCCCC(C)C)OC(=O)CCCCCCCCC. The predicted octanol–water partition coefficient (Wildman–Crippen LogP) is 15.1. The van der Waals surface area contributed by atoms with Crippen molar-refractivity contribution in [3.8, 4) is 0 Å². The van der Waals surface area contributed by atoms with E-state index in [2.05, 4.69) is 27.7 Å². The molecule has 0 unspecified atom stereocenters. The Morgan fingerprint density at radius 1 is 0.352 bits per heavy atom. The molecule has 320 valence electrons. The molecular formula is C48H92O6. The number of hydrogen-bond donors (Lipinski definition) is 0. The normalized spacial score (nSPS) is 11.9. The summed E-state index contributed by atoms with van der Waals surface area (Å²) in [7, 11) is 0. The molecule has 0 aromatic carbocycles. The third kappa shape index (κ3) is 41.6. The molecule has 0 saturated carbocycles. The first-order valence-corrected chi connectivity index (χ1v) is 23.9. The van der Waals surface area contributed by atoms with Crippen molar-refractivity contribution in [2.24, 2.45) is 5.92 Å². The smallest absolute Gasteiger partial charge is 0.306 e. The van der Waals surface area contributed by atoms with Gasteiger partial charge >= 0.3 is 17.9 Å². The van der Waals surface area contributed by atoms with Crippen molar-refractivity contribution >= 4 is 17.9 Å². The molecule has 1 atom stereocenters. The molecule has 0 bridgehead atoms. The molecule has 6 nitrogen and oxygen atoms in total. The maximum atomic E-state index is 12.6. The monoisotopic (exact) mass is 765 g/mol. The largest absolute Gasteiger partial charge is 0.462 e. The van der Waals surface area contributed by atoms with Crippen molar-refractivity contribution in [3.63, 3.8) is 0 Å². The molecule has 0 spiro atoms. The van der Waals surface area contributed by atoms with Gasteiger partial charge in [0, 0.05) is 19.3 Å². The van der Waals surface area contributed by atoms with E-state index in [0.717, 1.165) is 63.7 Å². The number of unbranched alkanes of at least 4 members (excludes halogenated alkanes) is 30. The Kier molecular flexibility index (Phi) is 41.3. The minimum Gasteiger partial charge on any atom is -0.462 e. The summed E-state index contributed by atoms with van der Waals surface area (Å²) >= 11 is 0. The molecule has 0 aliphatic rings. The van der Waals surface area contributed by atoms with E-state index in [9.17, 15) is 14.4 Å². The molecule has 0 saturated heterocycles. The standard InChI is InChI=1S/C48H92O6/c1-5-7-9-11-13-14-20-24-28-31-35-39-46(49)52-42-45(54-48(51)41-37-33-26-12-10-8-6-2)43-53-47(50)40-36-32-29-25-22-19-17-15-16-18-21-23-27-30-34-38-44(3)4/h44-45H,5-43H2,1-4H3/t45-/m1/s1. The first-order chi connectivity index (χ1) is 26.4. The van der Waals surface area contributed by atoms with E-state index in [1.807, 2.05) is 0 Å². The highest BCUT2D eigenvalue weighted by atomic mass is 16.6. The van der Waals surface area contributed by atoms with E-state index in [-0.39, 0.29) is 31.1 Å². The Bertz CT molecular complexity index is 811. The van der Waals surface area contributed by atoms with Crippen LogP contribution in [0.1, 0.15) is 265 Å². The molecule has 0 radical (unpaired) electrons. The lowest BCUT2D eigenvalue weighted by Crippen LogP contribution is -2.30. The number of esters is 3. The molecule has 0 rings (SSSR count). The second-order valence-electron chi connectivity index (χ2n) is 16.9. The zero-order valence-electron chi connectivity index (χ0n) is 36.7. The first-order valence-electron chi connectivity index (χ1n) is 23.9. The van der Waals surface area contributed by atoms with E-state index in [4.69, 9.17) is 14.2 Å². The Morgan fingerprint density at radius 2 is 0.611 bits per heavy atom. The van der Waals surface area contributed by atoms with Crippen LogP contribution >= 0.6 is 0 Å². The maximum Gasteiger partial charge on any atom is 0.306 e. The van der Waals surface area contributed by atoms with E-state index >= 15 is 0 Å². The number of carbonyl (C=O) groups is 3. The van der Waals surface area contributed by atoms with Crippen LogP contribution in [-0.4, -0.2) is 37.2 Å². The topological polar surface area (TPSA) is 78.9 Å². The van der Waals surface area contributed by atoms with Gasteiger partial charge in [0.15, 0.2) is 6.10 Å². The molecule has 0 N–H and O–H groups in total. The minimum atomic E-state index is -0.758. The zero-order chi connectivity index (χ0) is 39.6. The van der Waals surface area contributed by atoms with E-state index in [1.54, 1.807) is 0 Å². The fourth-order valence-electron chi connectivity index (χ4n) is 7.16. The second kappa shape index (κ2) is 42.6. The van der Waals surface area contributed by atoms with Gasteiger partial charge in [-0.15, -0.1) is 0 Å². The summed E-state index contributed by atoms with van der Waals surface area (Å²) in [5.74, 6) is -0.00879. The molecule has 0 amide bonds. The van der Waals surface area contributed by atoms with Gasteiger partial charge in [0.25, 0.3) is 0 Å². The lowest BCUT2D eigenvalue weighted by Gasteiger charge is -2.18. The van der Waals surface area contributed by atoms with Gasteiger partial charge in [-0.2, -0.15) is 0 Å². The van der Waals surface area contributed by atoms with Crippen LogP contribution in [0.3, 0.4) is 0 Å². The van der Waals surface area contributed by atoms with Crippen molar-refractivity contribution in [2.75, 3.05) is 13.2 Å². The van der Waals surface area contributed by atoms with Crippen LogP contribution in [0.15, 0.2) is 0 Å². The van der Waals surface area contributed by atoms with E-state index in [1.165, 1.54) is 161 Å². The summed E-state index contributed by atoms with van der Waals surface area (Å²) in [6.45, 7) is 8.97. The average Bonchev–Trinajstić information content (AvgIpc) is 3.15. The Labute approximate surface area is 336 Å². The van der Waals surface area contributed by atoms with Gasteiger partial charge in [0.05, 0.1) is 0 Å². The van der Waals surface area contributed by atoms with Gasteiger partial charge in [0.2, 0.25) is 0 Å². The van der Waals surface area contributed by atoms with Gasteiger partial charge in [0.1, 0.15) is 13.2 Å². The maximum absolute atomic E-state index is 12.6. The van der Waals surface area contributed by atoms with Gasteiger partial charge in [-0.3, -0.25) is 14.4 Å². The molecule has 54 heavy (non-hydrogen) atoms. The van der Waals surface area contributed by atoms with Crippen LogP contribution < -0.4 is 0 Å².